The van der Waals surface area contributed by atoms with Crippen molar-refractivity contribution >= 4 is 0 Å². The van der Waals surface area contributed by atoms with E-state index in [9.17, 15) is 4.39 Å². The summed E-state index contributed by atoms with van der Waals surface area (Å²) >= 11 is 0. The van der Waals surface area contributed by atoms with E-state index in [0.29, 0.717) is 12.6 Å². The highest BCUT2D eigenvalue weighted by Gasteiger charge is 2.09. The molecule has 2 aromatic rings. The van der Waals surface area contributed by atoms with Crippen molar-refractivity contribution in [1.29, 1.82) is 0 Å². The smallest absolute Gasteiger partial charge is 0.123 e. The van der Waals surface area contributed by atoms with Crippen LogP contribution in [0.4, 0.5) is 4.39 Å². The summed E-state index contributed by atoms with van der Waals surface area (Å²) in [5.74, 6) is -0.204. The zero-order chi connectivity index (χ0) is 13.8. The molecule has 1 heterocycles. The summed E-state index contributed by atoms with van der Waals surface area (Å²) < 4.78 is 14.7. The molecule has 4 heteroatoms. The first-order chi connectivity index (χ1) is 9.79. The van der Waals surface area contributed by atoms with Crippen LogP contribution in [-0.4, -0.2) is 15.8 Å². The Morgan fingerprint density at radius 2 is 1.90 bits per heavy atom. The van der Waals surface area contributed by atoms with Crippen molar-refractivity contribution in [3.05, 3.63) is 65.8 Å². The Kier molecular flexibility index (Phi) is 3.92. The van der Waals surface area contributed by atoms with E-state index < -0.39 is 0 Å². The Labute approximate surface area is 118 Å². The highest BCUT2D eigenvalue weighted by atomic mass is 19.1. The first kappa shape index (κ1) is 13.1. The van der Waals surface area contributed by atoms with E-state index in [1.165, 1.54) is 17.7 Å². The van der Waals surface area contributed by atoms with E-state index in [0.717, 1.165) is 24.9 Å². The molecule has 1 aliphatic rings. The molecule has 0 saturated heterocycles. The van der Waals surface area contributed by atoms with Crippen LogP contribution in [0, 0.1) is 5.82 Å². The van der Waals surface area contributed by atoms with Gasteiger partial charge < -0.3 is 5.32 Å². The van der Waals surface area contributed by atoms with E-state index in [1.807, 2.05) is 17.1 Å². The predicted molar refractivity (Wildman–Crippen MR) is 76.7 cm³/mol. The first-order valence-electron chi connectivity index (χ1n) is 6.94. The van der Waals surface area contributed by atoms with Crippen molar-refractivity contribution in [3.8, 4) is 0 Å². The summed E-state index contributed by atoms with van der Waals surface area (Å²) in [5, 5.41) is 7.86. The van der Waals surface area contributed by atoms with Crippen LogP contribution in [0.15, 0.2) is 48.8 Å². The Balaban J connectivity index is 1.54. The number of hydrogen-bond donors (Lipinski definition) is 1. The molecule has 20 heavy (non-hydrogen) atoms. The van der Waals surface area contributed by atoms with Gasteiger partial charge in [-0.15, -0.1) is 0 Å². The highest BCUT2D eigenvalue weighted by Crippen LogP contribution is 2.10. The van der Waals surface area contributed by atoms with Crippen LogP contribution in [0.1, 0.15) is 24.0 Å². The molecule has 1 aromatic heterocycles. The SMILES string of the molecule is Fc1ccc(Cn2cc(CNC3CC=CC3)cn2)cc1. The third kappa shape index (κ3) is 3.33. The van der Waals surface area contributed by atoms with Gasteiger partial charge in [-0.1, -0.05) is 24.3 Å². The van der Waals surface area contributed by atoms with Gasteiger partial charge in [-0.25, -0.2) is 4.39 Å². The fraction of sp³-hybridized carbons (Fsp3) is 0.312. The summed E-state index contributed by atoms with van der Waals surface area (Å²) in [6.07, 6.45) is 10.6. The maximum atomic E-state index is 12.8. The van der Waals surface area contributed by atoms with Crippen LogP contribution >= 0.6 is 0 Å². The molecular weight excluding hydrogens is 253 g/mol. The summed E-state index contributed by atoms with van der Waals surface area (Å²) in [6.45, 7) is 1.51. The number of halogens is 1. The molecule has 0 fully saturated rings. The topological polar surface area (TPSA) is 29.9 Å². The lowest BCUT2D eigenvalue weighted by Crippen LogP contribution is -2.25. The molecule has 0 radical (unpaired) electrons. The van der Waals surface area contributed by atoms with Crippen LogP contribution in [0.25, 0.3) is 0 Å². The van der Waals surface area contributed by atoms with Gasteiger partial charge in [0.05, 0.1) is 12.7 Å². The number of rotatable bonds is 5. The molecule has 0 amide bonds. The van der Waals surface area contributed by atoms with Crippen LogP contribution in [0.3, 0.4) is 0 Å². The van der Waals surface area contributed by atoms with Crippen molar-refractivity contribution in [1.82, 2.24) is 15.1 Å². The Hall–Kier alpha value is -1.94. The Bertz CT molecular complexity index is 578. The van der Waals surface area contributed by atoms with Gasteiger partial charge in [-0.2, -0.15) is 5.10 Å². The zero-order valence-electron chi connectivity index (χ0n) is 11.3. The lowest BCUT2D eigenvalue weighted by Gasteiger charge is -2.10. The average molecular weight is 271 g/mol. The number of aromatic nitrogens is 2. The highest BCUT2D eigenvalue weighted by molar-refractivity contribution is 5.17. The van der Waals surface area contributed by atoms with E-state index in [1.54, 1.807) is 12.1 Å². The molecule has 0 unspecified atom stereocenters. The van der Waals surface area contributed by atoms with Crippen LogP contribution in [0.5, 0.6) is 0 Å². The maximum absolute atomic E-state index is 12.8. The second-order valence-corrected chi connectivity index (χ2v) is 5.19. The second-order valence-electron chi connectivity index (χ2n) is 5.19. The van der Waals surface area contributed by atoms with Gasteiger partial charge in [0.1, 0.15) is 5.82 Å². The number of benzene rings is 1. The van der Waals surface area contributed by atoms with Gasteiger partial charge in [-0.3, -0.25) is 4.68 Å². The molecule has 0 atom stereocenters. The molecule has 0 bridgehead atoms. The minimum absolute atomic E-state index is 0.204. The van der Waals surface area contributed by atoms with Gasteiger partial charge in [0.2, 0.25) is 0 Å². The zero-order valence-corrected chi connectivity index (χ0v) is 11.3. The van der Waals surface area contributed by atoms with Crippen molar-refractivity contribution in [2.24, 2.45) is 0 Å². The normalized spacial score (nSPS) is 15.1. The van der Waals surface area contributed by atoms with Crippen LogP contribution in [-0.2, 0) is 13.1 Å². The van der Waals surface area contributed by atoms with Crippen molar-refractivity contribution < 1.29 is 4.39 Å². The number of nitrogens with one attached hydrogen (secondary N) is 1. The second kappa shape index (κ2) is 6.01. The lowest BCUT2D eigenvalue weighted by molar-refractivity contribution is 0.538. The van der Waals surface area contributed by atoms with E-state index >= 15 is 0 Å². The van der Waals surface area contributed by atoms with Crippen LogP contribution < -0.4 is 5.32 Å². The van der Waals surface area contributed by atoms with Gasteiger partial charge in [0.15, 0.2) is 0 Å². The summed E-state index contributed by atoms with van der Waals surface area (Å²) in [5.41, 5.74) is 2.23. The monoisotopic (exact) mass is 271 g/mol. The standard InChI is InChI=1S/C16H18FN3/c17-15-7-5-13(6-8-15)11-20-12-14(10-19-20)9-18-16-3-1-2-4-16/h1-2,5-8,10,12,16,18H,3-4,9,11H2. The molecule has 3 rings (SSSR count). The molecule has 0 aliphatic heterocycles. The molecule has 1 aromatic carbocycles. The summed E-state index contributed by atoms with van der Waals surface area (Å²) in [6, 6.07) is 7.11. The predicted octanol–water partition coefficient (Wildman–Crippen LogP) is 2.88. The maximum Gasteiger partial charge on any atom is 0.123 e. The van der Waals surface area contributed by atoms with Crippen molar-refractivity contribution in [2.45, 2.75) is 32.0 Å². The molecule has 0 saturated carbocycles. The largest absolute Gasteiger partial charge is 0.309 e. The first-order valence-corrected chi connectivity index (χ1v) is 6.94. The van der Waals surface area contributed by atoms with Crippen molar-refractivity contribution in [2.75, 3.05) is 0 Å². The average Bonchev–Trinajstić information content (AvgIpc) is 3.10. The fourth-order valence-corrected chi connectivity index (χ4v) is 2.41. The minimum Gasteiger partial charge on any atom is -0.309 e. The molecule has 104 valence electrons. The fourth-order valence-electron chi connectivity index (χ4n) is 2.41. The van der Waals surface area contributed by atoms with E-state index in [4.69, 9.17) is 0 Å². The Morgan fingerprint density at radius 3 is 2.65 bits per heavy atom. The molecule has 1 N–H and O–H groups in total. The van der Waals surface area contributed by atoms with Gasteiger partial charge >= 0.3 is 0 Å². The third-order valence-electron chi connectivity index (χ3n) is 3.55. The summed E-state index contributed by atoms with van der Waals surface area (Å²) in [4.78, 5) is 0. The Morgan fingerprint density at radius 1 is 1.15 bits per heavy atom. The van der Waals surface area contributed by atoms with E-state index in [-0.39, 0.29) is 5.82 Å². The number of hydrogen-bond acceptors (Lipinski definition) is 2. The van der Waals surface area contributed by atoms with Crippen molar-refractivity contribution in [3.63, 3.8) is 0 Å². The quantitative estimate of drug-likeness (QED) is 0.847. The lowest BCUT2D eigenvalue weighted by atomic mass is 10.2. The molecule has 0 spiro atoms. The van der Waals surface area contributed by atoms with E-state index in [2.05, 4.69) is 22.6 Å². The van der Waals surface area contributed by atoms with Gasteiger partial charge in [0.25, 0.3) is 0 Å². The summed E-state index contributed by atoms with van der Waals surface area (Å²) in [7, 11) is 0. The van der Waals surface area contributed by atoms with Gasteiger partial charge in [0, 0.05) is 24.3 Å². The van der Waals surface area contributed by atoms with Crippen LogP contribution in [0.2, 0.25) is 0 Å². The molecular formula is C16H18FN3. The van der Waals surface area contributed by atoms with Gasteiger partial charge in [-0.05, 0) is 30.5 Å². The minimum atomic E-state index is -0.204. The molecule has 3 nitrogen and oxygen atoms in total. The molecule has 1 aliphatic carbocycles. The number of nitrogens with zero attached hydrogens (tertiary/aromatic N) is 2. The third-order valence-corrected chi connectivity index (χ3v) is 3.55.